The van der Waals surface area contributed by atoms with Crippen LogP contribution in [-0.4, -0.2) is 19.2 Å². The first-order valence-electron chi connectivity index (χ1n) is 5.35. The monoisotopic (exact) mass is 229 g/mol. The van der Waals surface area contributed by atoms with Crippen LogP contribution in [-0.2, 0) is 11.3 Å². The lowest BCUT2D eigenvalue weighted by atomic mass is 10.2. The number of benzene rings is 1. The van der Waals surface area contributed by atoms with Crippen molar-refractivity contribution in [2.45, 2.75) is 26.5 Å². The standard InChI is InChI=1S/C12H17F2NO/c1-9(2)15-6-7-16-8-10-4-3-5-11(13)12(10)14/h3-5,9,15H,6-8H2,1-2H3. The van der Waals surface area contributed by atoms with E-state index in [0.29, 0.717) is 19.2 Å². The van der Waals surface area contributed by atoms with E-state index in [-0.39, 0.29) is 12.2 Å². The molecule has 2 nitrogen and oxygen atoms in total. The summed E-state index contributed by atoms with van der Waals surface area (Å²) < 4.78 is 31.2. The van der Waals surface area contributed by atoms with E-state index < -0.39 is 11.6 Å². The van der Waals surface area contributed by atoms with E-state index in [9.17, 15) is 8.78 Å². The molecule has 0 aliphatic heterocycles. The Morgan fingerprint density at radius 1 is 1.31 bits per heavy atom. The normalized spacial score (nSPS) is 11.1. The molecule has 0 aromatic heterocycles. The predicted molar refractivity (Wildman–Crippen MR) is 59.2 cm³/mol. The fourth-order valence-corrected chi connectivity index (χ4v) is 1.26. The van der Waals surface area contributed by atoms with Crippen LogP contribution in [0.25, 0.3) is 0 Å². The van der Waals surface area contributed by atoms with Crippen molar-refractivity contribution in [3.63, 3.8) is 0 Å². The van der Waals surface area contributed by atoms with E-state index >= 15 is 0 Å². The maximum absolute atomic E-state index is 13.2. The molecule has 16 heavy (non-hydrogen) atoms. The van der Waals surface area contributed by atoms with Crippen molar-refractivity contribution < 1.29 is 13.5 Å². The van der Waals surface area contributed by atoms with Gasteiger partial charge in [-0.1, -0.05) is 26.0 Å². The van der Waals surface area contributed by atoms with Gasteiger partial charge in [0.2, 0.25) is 0 Å². The minimum absolute atomic E-state index is 0.101. The fourth-order valence-electron chi connectivity index (χ4n) is 1.26. The van der Waals surface area contributed by atoms with Crippen LogP contribution < -0.4 is 5.32 Å². The highest BCUT2D eigenvalue weighted by molar-refractivity contribution is 5.17. The third-order valence-corrected chi connectivity index (χ3v) is 2.09. The van der Waals surface area contributed by atoms with Crippen LogP contribution >= 0.6 is 0 Å². The number of hydrogen-bond acceptors (Lipinski definition) is 2. The highest BCUT2D eigenvalue weighted by atomic mass is 19.2. The van der Waals surface area contributed by atoms with E-state index in [1.54, 1.807) is 0 Å². The van der Waals surface area contributed by atoms with Gasteiger partial charge < -0.3 is 10.1 Å². The molecule has 0 amide bonds. The zero-order valence-corrected chi connectivity index (χ0v) is 9.59. The van der Waals surface area contributed by atoms with Crippen molar-refractivity contribution in [3.8, 4) is 0 Å². The molecule has 1 aromatic rings. The third kappa shape index (κ3) is 4.24. The lowest BCUT2D eigenvalue weighted by Gasteiger charge is -2.09. The average Bonchev–Trinajstić information content (AvgIpc) is 2.23. The summed E-state index contributed by atoms with van der Waals surface area (Å²) in [5.74, 6) is -1.65. The van der Waals surface area contributed by atoms with Crippen LogP contribution in [0.4, 0.5) is 8.78 Å². The Bertz CT molecular complexity index is 329. The number of ether oxygens (including phenoxy) is 1. The summed E-state index contributed by atoms with van der Waals surface area (Å²) in [4.78, 5) is 0. The highest BCUT2D eigenvalue weighted by Gasteiger charge is 2.06. The molecule has 0 spiro atoms. The van der Waals surface area contributed by atoms with Crippen molar-refractivity contribution in [3.05, 3.63) is 35.4 Å². The Balaban J connectivity index is 2.29. The zero-order valence-electron chi connectivity index (χ0n) is 9.59. The van der Waals surface area contributed by atoms with Crippen molar-refractivity contribution in [2.24, 2.45) is 0 Å². The van der Waals surface area contributed by atoms with Gasteiger partial charge in [0.1, 0.15) is 0 Å². The number of hydrogen-bond donors (Lipinski definition) is 1. The Kier molecular flexibility index (Phi) is 5.35. The second kappa shape index (κ2) is 6.55. The van der Waals surface area contributed by atoms with Crippen molar-refractivity contribution in [1.82, 2.24) is 5.32 Å². The van der Waals surface area contributed by atoms with Crippen molar-refractivity contribution in [2.75, 3.05) is 13.2 Å². The van der Waals surface area contributed by atoms with Crippen LogP contribution in [0.5, 0.6) is 0 Å². The fraction of sp³-hybridized carbons (Fsp3) is 0.500. The Labute approximate surface area is 94.6 Å². The largest absolute Gasteiger partial charge is 0.375 e. The molecule has 0 radical (unpaired) electrons. The minimum Gasteiger partial charge on any atom is -0.375 e. The van der Waals surface area contributed by atoms with Crippen LogP contribution in [0.2, 0.25) is 0 Å². The maximum atomic E-state index is 13.2. The van der Waals surface area contributed by atoms with Gasteiger partial charge in [-0.2, -0.15) is 0 Å². The van der Waals surface area contributed by atoms with Gasteiger partial charge in [-0.05, 0) is 6.07 Å². The van der Waals surface area contributed by atoms with E-state index in [1.165, 1.54) is 12.1 Å². The number of rotatable bonds is 6. The summed E-state index contributed by atoms with van der Waals surface area (Å²) in [6.45, 7) is 5.35. The smallest absolute Gasteiger partial charge is 0.164 e. The molecule has 90 valence electrons. The summed E-state index contributed by atoms with van der Waals surface area (Å²) in [6.07, 6.45) is 0. The topological polar surface area (TPSA) is 21.3 Å². The predicted octanol–water partition coefficient (Wildman–Crippen LogP) is 2.48. The lowest BCUT2D eigenvalue weighted by Crippen LogP contribution is -2.26. The molecule has 0 atom stereocenters. The van der Waals surface area contributed by atoms with Gasteiger partial charge in [0.05, 0.1) is 13.2 Å². The summed E-state index contributed by atoms with van der Waals surface area (Å²) in [6, 6.07) is 4.49. The first-order valence-corrected chi connectivity index (χ1v) is 5.35. The first-order chi connectivity index (χ1) is 7.61. The summed E-state index contributed by atoms with van der Waals surface area (Å²) in [5, 5.41) is 3.16. The van der Waals surface area contributed by atoms with Crippen molar-refractivity contribution >= 4 is 0 Å². The molecule has 1 N–H and O–H groups in total. The van der Waals surface area contributed by atoms with E-state index in [1.807, 2.05) is 13.8 Å². The van der Waals surface area contributed by atoms with E-state index in [0.717, 1.165) is 6.07 Å². The molecule has 1 rings (SSSR count). The third-order valence-electron chi connectivity index (χ3n) is 2.09. The average molecular weight is 229 g/mol. The number of halogens is 2. The van der Waals surface area contributed by atoms with Gasteiger partial charge in [-0.15, -0.1) is 0 Å². The summed E-state index contributed by atoms with van der Waals surface area (Å²) in [5.41, 5.74) is 0.254. The minimum atomic E-state index is -0.832. The number of nitrogens with one attached hydrogen (secondary N) is 1. The Morgan fingerprint density at radius 2 is 2.06 bits per heavy atom. The molecular formula is C12H17F2NO. The molecule has 0 saturated carbocycles. The van der Waals surface area contributed by atoms with Gasteiger partial charge in [-0.3, -0.25) is 0 Å². The lowest BCUT2D eigenvalue weighted by molar-refractivity contribution is 0.118. The van der Waals surface area contributed by atoms with Crippen LogP contribution in [0, 0.1) is 11.6 Å². The quantitative estimate of drug-likeness (QED) is 0.757. The summed E-state index contributed by atoms with van der Waals surface area (Å²) >= 11 is 0. The molecule has 0 bridgehead atoms. The first kappa shape index (κ1) is 13.1. The maximum Gasteiger partial charge on any atom is 0.164 e. The molecule has 0 aliphatic carbocycles. The molecule has 0 saturated heterocycles. The van der Waals surface area contributed by atoms with Crippen LogP contribution in [0.1, 0.15) is 19.4 Å². The van der Waals surface area contributed by atoms with Gasteiger partial charge in [0, 0.05) is 18.2 Å². The van der Waals surface area contributed by atoms with E-state index in [4.69, 9.17) is 4.74 Å². The second-order valence-corrected chi connectivity index (χ2v) is 3.87. The van der Waals surface area contributed by atoms with Gasteiger partial charge in [0.25, 0.3) is 0 Å². The molecule has 0 heterocycles. The van der Waals surface area contributed by atoms with E-state index in [2.05, 4.69) is 5.32 Å². The summed E-state index contributed by atoms with van der Waals surface area (Å²) in [7, 11) is 0. The van der Waals surface area contributed by atoms with Crippen molar-refractivity contribution in [1.29, 1.82) is 0 Å². The molecule has 0 fully saturated rings. The molecule has 0 unspecified atom stereocenters. The highest BCUT2D eigenvalue weighted by Crippen LogP contribution is 2.11. The van der Waals surface area contributed by atoms with Crippen LogP contribution in [0.15, 0.2) is 18.2 Å². The SMILES string of the molecule is CC(C)NCCOCc1cccc(F)c1F. The molecular weight excluding hydrogens is 212 g/mol. The molecule has 1 aromatic carbocycles. The Morgan fingerprint density at radius 3 is 2.75 bits per heavy atom. The Hall–Kier alpha value is -1.00. The molecule has 0 aliphatic rings. The second-order valence-electron chi connectivity index (χ2n) is 3.87. The van der Waals surface area contributed by atoms with Crippen LogP contribution in [0.3, 0.4) is 0 Å². The van der Waals surface area contributed by atoms with Gasteiger partial charge >= 0.3 is 0 Å². The van der Waals surface area contributed by atoms with Gasteiger partial charge in [-0.25, -0.2) is 8.78 Å². The van der Waals surface area contributed by atoms with Gasteiger partial charge in [0.15, 0.2) is 11.6 Å². The molecule has 4 heteroatoms. The zero-order chi connectivity index (χ0) is 12.0.